The topological polar surface area (TPSA) is 69.6 Å². The summed E-state index contributed by atoms with van der Waals surface area (Å²) in [5.74, 6) is -0.738. The van der Waals surface area contributed by atoms with Crippen LogP contribution in [0.4, 0.5) is 4.39 Å². The van der Waals surface area contributed by atoms with Gasteiger partial charge in [-0.25, -0.2) is 4.39 Å². The first-order valence-corrected chi connectivity index (χ1v) is 7.39. The maximum atomic E-state index is 12.8. The minimum Gasteiger partial charge on any atom is -0.395 e. The van der Waals surface area contributed by atoms with Gasteiger partial charge in [-0.15, -0.1) is 0 Å². The van der Waals surface area contributed by atoms with Crippen molar-refractivity contribution in [2.75, 3.05) is 20.2 Å². The zero-order chi connectivity index (χ0) is 16.1. The highest BCUT2D eigenvalue weighted by atomic mass is 19.1. The molecular weight excluding hydrogens is 287 g/mol. The molecule has 0 spiro atoms. The Bertz CT molecular complexity index is 533. The van der Waals surface area contributed by atoms with Gasteiger partial charge in [0, 0.05) is 37.0 Å². The van der Waals surface area contributed by atoms with E-state index >= 15 is 0 Å². The van der Waals surface area contributed by atoms with Crippen LogP contribution in [0, 0.1) is 5.82 Å². The van der Waals surface area contributed by atoms with E-state index in [4.69, 9.17) is 0 Å². The molecule has 22 heavy (non-hydrogen) atoms. The molecule has 0 unspecified atom stereocenters. The number of nitrogens with one attached hydrogen (secondary N) is 1. The third-order valence-corrected chi connectivity index (χ3v) is 4.01. The summed E-state index contributed by atoms with van der Waals surface area (Å²) in [6.45, 7) is 0.773. The lowest BCUT2D eigenvalue weighted by Gasteiger charge is -2.15. The van der Waals surface area contributed by atoms with Crippen molar-refractivity contribution >= 4 is 11.7 Å². The number of ketones is 1. The second kappa shape index (κ2) is 7.47. The Morgan fingerprint density at radius 1 is 1.32 bits per heavy atom. The number of likely N-dealkylation sites (N-methyl/N-ethyl adjacent to an activating group) is 1. The van der Waals surface area contributed by atoms with Gasteiger partial charge in [0.1, 0.15) is 5.82 Å². The number of benzene rings is 1. The third-order valence-electron chi connectivity index (χ3n) is 4.01. The van der Waals surface area contributed by atoms with E-state index < -0.39 is 5.82 Å². The summed E-state index contributed by atoms with van der Waals surface area (Å²) in [5.41, 5.74) is 0.412. The molecule has 1 aromatic carbocycles. The lowest BCUT2D eigenvalue weighted by atomic mass is 10.1. The molecular formula is C16H21FN2O3. The molecule has 1 amide bonds. The van der Waals surface area contributed by atoms with Gasteiger partial charge in [0.25, 0.3) is 0 Å². The zero-order valence-electron chi connectivity index (χ0n) is 12.6. The number of hydrogen-bond donors (Lipinski definition) is 2. The molecule has 0 bridgehead atoms. The average molecular weight is 308 g/mol. The van der Waals surface area contributed by atoms with Crippen LogP contribution in [0.3, 0.4) is 0 Å². The van der Waals surface area contributed by atoms with E-state index in [9.17, 15) is 19.1 Å². The normalized spacial score (nSPS) is 21.8. The number of carbonyl (C=O) groups excluding carboxylic acids is 2. The van der Waals surface area contributed by atoms with Crippen molar-refractivity contribution in [1.82, 2.24) is 10.2 Å². The van der Waals surface area contributed by atoms with E-state index in [0.29, 0.717) is 18.5 Å². The summed E-state index contributed by atoms with van der Waals surface area (Å²) in [6.07, 6.45) is 0.925. The Morgan fingerprint density at radius 3 is 2.59 bits per heavy atom. The molecule has 0 aliphatic carbocycles. The Kier molecular flexibility index (Phi) is 5.63. The molecule has 1 aromatic rings. The van der Waals surface area contributed by atoms with E-state index in [2.05, 4.69) is 5.32 Å². The molecule has 120 valence electrons. The molecule has 2 N–H and O–H groups in total. The first kappa shape index (κ1) is 16.6. The lowest BCUT2D eigenvalue weighted by Crippen LogP contribution is -2.36. The monoisotopic (exact) mass is 308 g/mol. The van der Waals surface area contributed by atoms with Crippen LogP contribution in [0.15, 0.2) is 24.3 Å². The molecule has 2 rings (SSSR count). The molecule has 0 radical (unpaired) electrons. The minimum atomic E-state index is -0.391. The van der Waals surface area contributed by atoms with Crippen molar-refractivity contribution in [2.24, 2.45) is 0 Å². The maximum absolute atomic E-state index is 12.8. The number of nitrogens with zero attached hydrogens (tertiary/aromatic N) is 1. The number of carbonyl (C=O) groups is 2. The van der Waals surface area contributed by atoms with Gasteiger partial charge < -0.3 is 10.4 Å². The molecule has 6 heteroatoms. The van der Waals surface area contributed by atoms with Gasteiger partial charge in [0.15, 0.2) is 5.78 Å². The fraction of sp³-hybridized carbons (Fsp3) is 0.500. The van der Waals surface area contributed by atoms with Crippen molar-refractivity contribution in [3.63, 3.8) is 0 Å². The summed E-state index contributed by atoms with van der Waals surface area (Å²) < 4.78 is 12.8. The van der Waals surface area contributed by atoms with Gasteiger partial charge in [-0.1, -0.05) is 0 Å². The Labute approximate surface area is 129 Å². The van der Waals surface area contributed by atoms with E-state index in [1.807, 2.05) is 11.9 Å². The number of aliphatic hydroxyl groups excluding tert-OH is 1. The van der Waals surface area contributed by atoms with Gasteiger partial charge in [0.05, 0.1) is 6.61 Å². The molecule has 5 nitrogen and oxygen atoms in total. The molecule has 1 aliphatic rings. The van der Waals surface area contributed by atoms with Crippen LogP contribution in [0.25, 0.3) is 0 Å². The van der Waals surface area contributed by atoms with Gasteiger partial charge in [-0.05, 0) is 37.7 Å². The predicted octanol–water partition coefficient (Wildman–Crippen LogP) is 0.970. The molecule has 2 atom stereocenters. The van der Waals surface area contributed by atoms with Crippen molar-refractivity contribution in [3.8, 4) is 0 Å². The Morgan fingerprint density at radius 2 is 2.00 bits per heavy atom. The molecule has 1 aliphatic heterocycles. The predicted molar refractivity (Wildman–Crippen MR) is 80.0 cm³/mol. The van der Waals surface area contributed by atoms with E-state index in [1.54, 1.807) is 0 Å². The number of halogens is 1. The minimum absolute atomic E-state index is 0.00979. The van der Waals surface area contributed by atoms with Gasteiger partial charge in [-0.2, -0.15) is 0 Å². The fourth-order valence-electron chi connectivity index (χ4n) is 2.71. The number of hydrogen-bond acceptors (Lipinski definition) is 4. The van der Waals surface area contributed by atoms with Crippen LogP contribution < -0.4 is 5.32 Å². The highest BCUT2D eigenvalue weighted by Gasteiger charge is 2.29. The average Bonchev–Trinajstić information content (AvgIpc) is 2.85. The van der Waals surface area contributed by atoms with Crippen molar-refractivity contribution in [2.45, 2.75) is 31.3 Å². The van der Waals surface area contributed by atoms with E-state index in [1.165, 1.54) is 24.3 Å². The van der Waals surface area contributed by atoms with Crippen LogP contribution >= 0.6 is 0 Å². The largest absolute Gasteiger partial charge is 0.395 e. The number of aliphatic hydroxyl groups is 1. The highest BCUT2D eigenvalue weighted by Crippen LogP contribution is 2.15. The smallest absolute Gasteiger partial charge is 0.220 e. The van der Waals surface area contributed by atoms with Crippen molar-refractivity contribution < 1.29 is 19.1 Å². The summed E-state index contributed by atoms with van der Waals surface area (Å²) >= 11 is 0. The van der Waals surface area contributed by atoms with E-state index in [-0.39, 0.29) is 43.2 Å². The fourth-order valence-corrected chi connectivity index (χ4v) is 2.71. The second-order valence-electron chi connectivity index (χ2n) is 5.71. The van der Waals surface area contributed by atoms with Crippen LogP contribution in [-0.4, -0.2) is 54.0 Å². The summed E-state index contributed by atoms with van der Waals surface area (Å²) in [7, 11) is 1.91. The number of Topliss-reactive ketones (excluding diaryl/α,β-unsaturated/α-hetero) is 1. The Hall–Kier alpha value is -1.79. The van der Waals surface area contributed by atoms with Gasteiger partial charge >= 0.3 is 0 Å². The van der Waals surface area contributed by atoms with Crippen molar-refractivity contribution in [1.29, 1.82) is 0 Å². The van der Waals surface area contributed by atoms with Crippen molar-refractivity contribution in [3.05, 3.63) is 35.6 Å². The first-order valence-electron chi connectivity index (χ1n) is 7.39. The molecule has 0 saturated carbocycles. The SMILES string of the molecule is CN1C[C@H](NC(=O)CCC(=O)c2ccc(F)cc2)C[C@H]1CO. The van der Waals surface area contributed by atoms with Gasteiger partial charge in [-0.3, -0.25) is 14.5 Å². The molecule has 1 saturated heterocycles. The van der Waals surface area contributed by atoms with Crippen LogP contribution in [0.1, 0.15) is 29.6 Å². The Balaban J connectivity index is 1.76. The third kappa shape index (κ3) is 4.35. The number of likely N-dealkylation sites (tertiary alicyclic amines) is 1. The maximum Gasteiger partial charge on any atom is 0.220 e. The molecule has 1 heterocycles. The van der Waals surface area contributed by atoms with Crippen LogP contribution in [0.2, 0.25) is 0 Å². The summed E-state index contributed by atoms with van der Waals surface area (Å²) in [5, 5.41) is 12.1. The highest BCUT2D eigenvalue weighted by molar-refractivity contribution is 5.97. The van der Waals surface area contributed by atoms with Crippen LogP contribution in [-0.2, 0) is 4.79 Å². The standard InChI is InChI=1S/C16H21FN2O3/c1-19-9-13(8-14(19)10-20)18-16(22)7-6-15(21)11-2-4-12(17)5-3-11/h2-5,13-14,20H,6-10H2,1H3,(H,18,22)/t13-,14+/m1/s1. The number of rotatable bonds is 6. The second-order valence-corrected chi connectivity index (χ2v) is 5.71. The zero-order valence-corrected chi connectivity index (χ0v) is 12.6. The quantitative estimate of drug-likeness (QED) is 0.768. The lowest BCUT2D eigenvalue weighted by molar-refractivity contribution is -0.121. The molecule has 1 fully saturated rings. The summed E-state index contributed by atoms with van der Waals surface area (Å²) in [4.78, 5) is 25.8. The summed E-state index contributed by atoms with van der Waals surface area (Å²) in [6, 6.07) is 5.40. The molecule has 0 aromatic heterocycles. The van der Waals surface area contributed by atoms with Gasteiger partial charge in [0.2, 0.25) is 5.91 Å². The number of amides is 1. The van der Waals surface area contributed by atoms with E-state index in [0.717, 1.165) is 0 Å². The van der Waals surface area contributed by atoms with Crippen LogP contribution in [0.5, 0.6) is 0 Å². The first-order chi connectivity index (χ1) is 10.5.